The molecule has 1 fully saturated rings. The van der Waals surface area contributed by atoms with Gasteiger partial charge in [0.1, 0.15) is 5.82 Å². The Morgan fingerprint density at radius 3 is 2.53 bits per heavy atom. The predicted molar refractivity (Wildman–Crippen MR) is 77.9 cm³/mol. The highest BCUT2D eigenvalue weighted by Gasteiger charge is 2.22. The van der Waals surface area contributed by atoms with E-state index in [1.807, 2.05) is 12.3 Å². The number of aromatic nitrogens is 1. The fraction of sp³-hybridized carbons (Fsp3) is 0.667. The standard InChI is InChI=1S/C15H25N3O/c1-15(2,3)19-11-18-8-6-12(7-9-18)13-4-5-14(16)17-10-13/h4-5,10,12H,6-9,11H2,1-3H3,(H2,16,17). The van der Waals surface area contributed by atoms with Gasteiger partial charge in [-0.3, -0.25) is 4.90 Å². The molecule has 0 atom stereocenters. The SMILES string of the molecule is CC(C)(C)OCN1CCC(c2ccc(N)nc2)CC1. The topological polar surface area (TPSA) is 51.4 Å². The van der Waals surface area contributed by atoms with Crippen molar-refractivity contribution in [3.8, 4) is 0 Å². The summed E-state index contributed by atoms with van der Waals surface area (Å²) in [4.78, 5) is 6.56. The van der Waals surface area contributed by atoms with Crippen LogP contribution in [0.1, 0.15) is 45.1 Å². The van der Waals surface area contributed by atoms with Crippen molar-refractivity contribution in [1.82, 2.24) is 9.88 Å². The third-order valence-electron chi connectivity index (χ3n) is 3.55. The first-order valence-corrected chi connectivity index (χ1v) is 7.02. The number of nitrogen functional groups attached to an aromatic ring is 1. The number of hydrogen-bond donors (Lipinski definition) is 1. The van der Waals surface area contributed by atoms with E-state index in [9.17, 15) is 0 Å². The number of nitrogens with zero attached hydrogens (tertiary/aromatic N) is 2. The van der Waals surface area contributed by atoms with Gasteiger partial charge >= 0.3 is 0 Å². The van der Waals surface area contributed by atoms with Crippen LogP contribution in [-0.2, 0) is 4.74 Å². The van der Waals surface area contributed by atoms with Crippen LogP contribution >= 0.6 is 0 Å². The second-order valence-electron chi connectivity index (χ2n) is 6.29. The van der Waals surface area contributed by atoms with Gasteiger partial charge in [-0.15, -0.1) is 0 Å². The minimum Gasteiger partial charge on any atom is -0.384 e. The van der Waals surface area contributed by atoms with E-state index >= 15 is 0 Å². The van der Waals surface area contributed by atoms with E-state index in [0.29, 0.717) is 11.7 Å². The van der Waals surface area contributed by atoms with Crippen molar-refractivity contribution in [3.05, 3.63) is 23.9 Å². The maximum Gasteiger partial charge on any atom is 0.123 e. The zero-order valence-corrected chi connectivity index (χ0v) is 12.2. The van der Waals surface area contributed by atoms with Gasteiger partial charge in [-0.05, 0) is 51.2 Å². The third-order valence-corrected chi connectivity index (χ3v) is 3.55. The van der Waals surface area contributed by atoms with Crippen LogP contribution in [0.3, 0.4) is 0 Å². The molecule has 4 heteroatoms. The lowest BCUT2D eigenvalue weighted by Crippen LogP contribution is -2.37. The van der Waals surface area contributed by atoms with E-state index < -0.39 is 0 Å². The highest BCUT2D eigenvalue weighted by atomic mass is 16.5. The molecule has 0 amide bonds. The minimum absolute atomic E-state index is 0.0578. The molecule has 4 nitrogen and oxygen atoms in total. The molecule has 1 saturated heterocycles. The van der Waals surface area contributed by atoms with Gasteiger partial charge in [-0.1, -0.05) is 6.07 Å². The molecular weight excluding hydrogens is 238 g/mol. The fourth-order valence-electron chi connectivity index (χ4n) is 2.34. The lowest BCUT2D eigenvalue weighted by atomic mass is 9.91. The van der Waals surface area contributed by atoms with Crippen LogP contribution in [0.25, 0.3) is 0 Å². The summed E-state index contributed by atoms with van der Waals surface area (Å²) >= 11 is 0. The molecule has 0 spiro atoms. The molecule has 0 radical (unpaired) electrons. The van der Waals surface area contributed by atoms with E-state index in [-0.39, 0.29) is 5.60 Å². The molecule has 0 aromatic carbocycles. The molecule has 1 aromatic rings. The summed E-state index contributed by atoms with van der Waals surface area (Å²) in [6.07, 6.45) is 4.25. The Balaban J connectivity index is 1.81. The lowest BCUT2D eigenvalue weighted by molar-refractivity contribution is -0.0689. The number of likely N-dealkylation sites (tertiary alicyclic amines) is 1. The molecule has 0 saturated carbocycles. The average molecular weight is 263 g/mol. The van der Waals surface area contributed by atoms with E-state index in [4.69, 9.17) is 10.5 Å². The van der Waals surface area contributed by atoms with Crippen molar-refractivity contribution in [2.24, 2.45) is 0 Å². The van der Waals surface area contributed by atoms with Gasteiger partial charge in [-0.25, -0.2) is 4.98 Å². The van der Waals surface area contributed by atoms with Crippen molar-refractivity contribution in [2.75, 3.05) is 25.6 Å². The van der Waals surface area contributed by atoms with Crippen LogP contribution < -0.4 is 5.73 Å². The first-order valence-electron chi connectivity index (χ1n) is 7.02. The van der Waals surface area contributed by atoms with Crippen molar-refractivity contribution in [3.63, 3.8) is 0 Å². The van der Waals surface area contributed by atoms with Gasteiger partial charge in [0, 0.05) is 19.3 Å². The van der Waals surface area contributed by atoms with Crippen LogP contribution in [0.5, 0.6) is 0 Å². The Hall–Kier alpha value is -1.13. The summed E-state index contributed by atoms with van der Waals surface area (Å²) in [6, 6.07) is 4.00. The number of ether oxygens (including phenoxy) is 1. The zero-order chi connectivity index (χ0) is 13.9. The zero-order valence-electron chi connectivity index (χ0n) is 12.2. The summed E-state index contributed by atoms with van der Waals surface area (Å²) in [6.45, 7) is 9.20. The summed E-state index contributed by atoms with van der Waals surface area (Å²) < 4.78 is 5.82. The van der Waals surface area contributed by atoms with Crippen molar-refractivity contribution >= 4 is 5.82 Å². The van der Waals surface area contributed by atoms with Crippen molar-refractivity contribution < 1.29 is 4.74 Å². The van der Waals surface area contributed by atoms with Crippen LogP contribution in [0.2, 0.25) is 0 Å². The number of pyridine rings is 1. The number of hydrogen-bond acceptors (Lipinski definition) is 4. The molecule has 2 N–H and O–H groups in total. The number of piperidine rings is 1. The molecule has 0 unspecified atom stereocenters. The number of nitrogens with two attached hydrogens (primary N) is 1. The van der Waals surface area contributed by atoms with Crippen LogP contribution in [0.4, 0.5) is 5.82 Å². The molecule has 2 heterocycles. The Bertz CT molecular complexity index is 389. The second-order valence-corrected chi connectivity index (χ2v) is 6.29. The largest absolute Gasteiger partial charge is 0.384 e. The quantitative estimate of drug-likeness (QED) is 0.910. The average Bonchev–Trinajstić information content (AvgIpc) is 2.37. The molecule has 0 aliphatic carbocycles. The minimum atomic E-state index is -0.0578. The molecule has 1 aromatic heterocycles. The molecule has 106 valence electrons. The third kappa shape index (κ3) is 4.48. The molecule has 0 bridgehead atoms. The van der Waals surface area contributed by atoms with Gasteiger partial charge in [0.25, 0.3) is 0 Å². The van der Waals surface area contributed by atoms with Gasteiger partial charge in [0.15, 0.2) is 0 Å². The summed E-state index contributed by atoms with van der Waals surface area (Å²) in [7, 11) is 0. The summed E-state index contributed by atoms with van der Waals surface area (Å²) in [5.41, 5.74) is 6.88. The van der Waals surface area contributed by atoms with E-state index in [0.717, 1.165) is 19.8 Å². The maximum atomic E-state index is 5.82. The molecule has 2 rings (SSSR count). The summed E-state index contributed by atoms with van der Waals surface area (Å²) in [5, 5.41) is 0. The Morgan fingerprint density at radius 1 is 1.32 bits per heavy atom. The molecule has 1 aliphatic rings. The van der Waals surface area contributed by atoms with Gasteiger partial charge < -0.3 is 10.5 Å². The maximum absolute atomic E-state index is 5.82. The Labute approximate surface area is 116 Å². The van der Waals surface area contributed by atoms with Crippen LogP contribution in [-0.4, -0.2) is 35.3 Å². The number of rotatable bonds is 3. The summed E-state index contributed by atoms with van der Waals surface area (Å²) in [5.74, 6) is 1.21. The van der Waals surface area contributed by atoms with Crippen LogP contribution in [0.15, 0.2) is 18.3 Å². The Kier molecular flexibility index (Phi) is 4.42. The smallest absolute Gasteiger partial charge is 0.123 e. The first-order chi connectivity index (χ1) is 8.94. The van der Waals surface area contributed by atoms with Crippen LogP contribution in [0, 0.1) is 0 Å². The highest BCUT2D eigenvalue weighted by Crippen LogP contribution is 2.27. The van der Waals surface area contributed by atoms with E-state index in [1.165, 1.54) is 18.4 Å². The fourth-order valence-corrected chi connectivity index (χ4v) is 2.34. The van der Waals surface area contributed by atoms with Gasteiger partial charge in [-0.2, -0.15) is 0 Å². The van der Waals surface area contributed by atoms with E-state index in [1.54, 1.807) is 0 Å². The molecule has 1 aliphatic heterocycles. The van der Waals surface area contributed by atoms with Gasteiger partial charge in [0.05, 0.1) is 12.3 Å². The molecular formula is C15H25N3O. The molecule has 19 heavy (non-hydrogen) atoms. The monoisotopic (exact) mass is 263 g/mol. The lowest BCUT2D eigenvalue weighted by Gasteiger charge is -2.33. The normalized spacial score (nSPS) is 18.7. The Morgan fingerprint density at radius 2 is 2.00 bits per heavy atom. The highest BCUT2D eigenvalue weighted by molar-refractivity contribution is 5.30. The second kappa shape index (κ2) is 5.88. The van der Waals surface area contributed by atoms with Crippen molar-refractivity contribution in [1.29, 1.82) is 0 Å². The van der Waals surface area contributed by atoms with Gasteiger partial charge in [0.2, 0.25) is 0 Å². The predicted octanol–water partition coefficient (Wildman–Crippen LogP) is 2.62. The van der Waals surface area contributed by atoms with E-state index in [2.05, 4.69) is 36.7 Å². The number of anilines is 1. The van der Waals surface area contributed by atoms with Crippen molar-refractivity contribution in [2.45, 2.75) is 45.1 Å². The first kappa shape index (κ1) is 14.3.